The molecule has 6 heteroatoms. The van der Waals surface area contributed by atoms with Gasteiger partial charge in [-0.05, 0) is 36.2 Å². The largest absolute Gasteiger partial charge is 0.416 e. The predicted molar refractivity (Wildman–Crippen MR) is 102 cm³/mol. The smallest absolute Gasteiger partial charge is 0.249 e. The van der Waals surface area contributed by atoms with Gasteiger partial charge in [-0.15, -0.1) is 0 Å². The zero-order valence-electron chi connectivity index (χ0n) is 15.0. The quantitative estimate of drug-likeness (QED) is 0.464. The summed E-state index contributed by atoms with van der Waals surface area (Å²) in [5.74, 6) is 0.490. The van der Waals surface area contributed by atoms with Gasteiger partial charge in [0.2, 0.25) is 0 Å². The molecule has 3 nitrogen and oxygen atoms in total. The third-order valence-corrected chi connectivity index (χ3v) is 4.55. The summed E-state index contributed by atoms with van der Waals surface area (Å²) in [6, 6.07) is 16.7. The monoisotopic (exact) mass is 379 g/mol. The molecule has 28 heavy (non-hydrogen) atoms. The summed E-state index contributed by atoms with van der Waals surface area (Å²) in [7, 11) is 0. The van der Waals surface area contributed by atoms with E-state index in [1.807, 2.05) is 43.3 Å². The number of hydrogen-bond donors (Lipinski definition) is 0. The van der Waals surface area contributed by atoms with Gasteiger partial charge in [-0.1, -0.05) is 42.5 Å². The van der Waals surface area contributed by atoms with Crippen LogP contribution in [0, 0.1) is 6.92 Å². The lowest BCUT2D eigenvalue weighted by Crippen LogP contribution is -2.06. The van der Waals surface area contributed by atoms with Gasteiger partial charge in [0.05, 0.1) is 11.1 Å². The summed E-state index contributed by atoms with van der Waals surface area (Å²) >= 11 is 0. The first-order chi connectivity index (χ1) is 13.4. The Labute approximate surface area is 159 Å². The number of pyridine rings is 1. The van der Waals surface area contributed by atoms with Gasteiger partial charge in [0.15, 0.2) is 5.82 Å². The number of hydrogen-bond acceptors (Lipinski definition) is 3. The topological polar surface area (TPSA) is 38.7 Å². The number of fused-ring (bicyclic) bond motifs is 1. The van der Waals surface area contributed by atoms with Gasteiger partial charge in [0.1, 0.15) is 5.69 Å². The Morgan fingerprint density at radius 3 is 2.54 bits per heavy atom. The van der Waals surface area contributed by atoms with E-state index in [1.54, 1.807) is 12.3 Å². The van der Waals surface area contributed by atoms with Crippen molar-refractivity contribution in [1.82, 2.24) is 15.0 Å². The van der Waals surface area contributed by atoms with Crippen LogP contribution in [0.15, 0.2) is 66.9 Å². The molecule has 140 valence electrons. The Hall–Kier alpha value is -3.28. The Morgan fingerprint density at radius 1 is 0.893 bits per heavy atom. The SMILES string of the molecule is Cc1ccc(-c2ncc3ccccc3n2)nc1Cc1cccc(C(F)(F)F)c1. The molecule has 0 amide bonds. The Balaban J connectivity index is 1.69. The van der Waals surface area contributed by atoms with Gasteiger partial charge < -0.3 is 0 Å². The fourth-order valence-electron chi connectivity index (χ4n) is 3.02. The van der Waals surface area contributed by atoms with Crippen molar-refractivity contribution in [2.75, 3.05) is 0 Å². The highest BCUT2D eigenvalue weighted by atomic mass is 19.4. The summed E-state index contributed by atoms with van der Waals surface area (Å²) in [4.78, 5) is 13.6. The maximum atomic E-state index is 13.0. The van der Waals surface area contributed by atoms with Crippen molar-refractivity contribution in [1.29, 1.82) is 0 Å². The molecule has 0 fully saturated rings. The molecule has 0 spiro atoms. The second kappa shape index (κ2) is 7.03. The highest BCUT2D eigenvalue weighted by Gasteiger charge is 2.30. The minimum atomic E-state index is -4.36. The molecule has 0 aliphatic carbocycles. The minimum Gasteiger partial charge on any atom is -0.249 e. The third-order valence-electron chi connectivity index (χ3n) is 4.55. The zero-order chi connectivity index (χ0) is 19.7. The van der Waals surface area contributed by atoms with E-state index < -0.39 is 11.7 Å². The number of nitrogens with zero attached hydrogens (tertiary/aromatic N) is 3. The molecule has 0 bridgehead atoms. The van der Waals surface area contributed by atoms with Gasteiger partial charge in [0.25, 0.3) is 0 Å². The van der Waals surface area contributed by atoms with Crippen LogP contribution < -0.4 is 0 Å². The number of halogens is 3. The second-order valence-corrected chi connectivity index (χ2v) is 6.59. The van der Waals surface area contributed by atoms with Gasteiger partial charge in [-0.2, -0.15) is 13.2 Å². The molecule has 4 rings (SSSR count). The van der Waals surface area contributed by atoms with Crippen molar-refractivity contribution in [2.45, 2.75) is 19.5 Å². The van der Waals surface area contributed by atoms with Crippen LogP contribution in [0.2, 0.25) is 0 Å². The molecule has 0 saturated carbocycles. The molecule has 0 aliphatic rings. The van der Waals surface area contributed by atoms with Crippen LogP contribution >= 0.6 is 0 Å². The van der Waals surface area contributed by atoms with E-state index in [2.05, 4.69) is 15.0 Å². The van der Waals surface area contributed by atoms with E-state index in [0.29, 0.717) is 29.2 Å². The number of aryl methyl sites for hydroxylation is 1. The minimum absolute atomic E-state index is 0.303. The number of para-hydroxylation sites is 1. The number of rotatable bonds is 3. The van der Waals surface area contributed by atoms with Crippen LogP contribution in [-0.4, -0.2) is 15.0 Å². The lowest BCUT2D eigenvalue weighted by Gasteiger charge is -2.11. The molecule has 0 atom stereocenters. The molecule has 0 unspecified atom stereocenters. The van der Waals surface area contributed by atoms with E-state index in [4.69, 9.17) is 0 Å². The van der Waals surface area contributed by atoms with Gasteiger partial charge in [-0.25, -0.2) is 15.0 Å². The van der Waals surface area contributed by atoms with Gasteiger partial charge in [-0.3, -0.25) is 0 Å². The molecule has 2 aromatic heterocycles. The van der Waals surface area contributed by atoms with Crippen molar-refractivity contribution in [2.24, 2.45) is 0 Å². The Bertz CT molecular complexity index is 1150. The maximum Gasteiger partial charge on any atom is 0.416 e. The standard InChI is InChI=1S/C22H16F3N3/c1-14-9-10-19(21-26-13-16-6-2-3-8-18(16)28-21)27-20(14)12-15-5-4-7-17(11-15)22(23,24)25/h2-11,13H,12H2,1H3. The Kier molecular flexibility index (Phi) is 4.55. The lowest BCUT2D eigenvalue weighted by molar-refractivity contribution is -0.137. The first-order valence-electron chi connectivity index (χ1n) is 8.75. The molecule has 0 N–H and O–H groups in total. The molecular formula is C22H16F3N3. The zero-order valence-corrected chi connectivity index (χ0v) is 15.0. The van der Waals surface area contributed by atoms with Crippen LogP contribution in [0.4, 0.5) is 13.2 Å². The predicted octanol–water partition coefficient (Wildman–Crippen LogP) is 5.61. The van der Waals surface area contributed by atoms with Gasteiger partial charge >= 0.3 is 6.18 Å². The number of aromatic nitrogens is 3. The van der Waals surface area contributed by atoms with Crippen molar-refractivity contribution >= 4 is 10.9 Å². The summed E-state index contributed by atoms with van der Waals surface area (Å²) in [5, 5.41) is 0.933. The highest BCUT2D eigenvalue weighted by Crippen LogP contribution is 2.30. The molecule has 2 heterocycles. The molecular weight excluding hydrogens is 363 g/mol. The van der Waals surface area contributed by atoms with Gasteiger partial charge in [0, 0.05) is 23.7 Å². The third kappa shape index (κ3) is 3.71. The summed E-state index contributed by atoms with van der Waals surface area (Å²) < 4.78 is 38.9. The summed E-state index contributed by atoms with van der Waals surface area (Å²) in [6.07, 6.45) is -2.32. The molecule has 0 aliphatic heterocycles. The fourth-order valence-corrected chi connectivity index (χ4v) is 3.02. The Morgan fingerprint density at radius 2 is 1.71 bits per heavy atom. The van der Waals surface area contributed by atoms with Crippen LogP contribution in [0.25, 0.3) is 22.4 Å². The van der Waals surface area contributed by atoms with E-state index >= 15 is 0 Å². The van der Waals surface area contributed by atoms with Crippen molar-refractivity contribution in [3.05, 3.63) is 89.2 Å². The summed E-state index contributed by atoms with van der Waals surface area (Å²) in [6.45, 7) is 1.89. The first kappa shape index (κ1) is 18.1. The second-order valence-electron chi connectivity index (χ2n) is 6.59. The van der Waals surface area contributed by atoms with Crippen LogP contribution in [-0.2, 0) is 12.6 Å². The number of benzene rings is 2. The average molecular weight is 379 g/mol. The van der Waals surface area contributed by atoms with Crippen molar-refractivity contribution < 1.29 is 13.2 Å². The van der Waals surface area contributed by atoms with Crippen LogP contribution in [0.3, 0.4) is 0 Å². The molecule has 2 aromatic carbocycles. The van der Waals surface area contributed by atoms with Crippen LogP contribution in [0.5, 0.6) is 0 Å². The first-order valence-corrected chi connectivity index (χ1v) is 8.75. The van der Waals surface area contributed by atoms with E-state index in [1.165, 1.54) is 12.1 Å². The maximum absolute atomic E-state index is 13.0. The lowest BCUT2D eigenvalue weighted by atomic mass is 10.0. The molecule has 4 aromatic rings. The van der Waals surface area contributed by atoms with Crippen molar-refractivity contribution in [3.63, 3.8) is 0 Å². The van der Waals surface area contributed by atoms with Crippen LogP contribution in [0.1, 0.15) is 22.4 Å². The van der Waals surface area contributed by atoms with E-state index in [0.717, 1.165) is 22.5 Å². The fraction of sp³-hybridized carbons (Fsp3) is 0.136. The highest BCUT2D eigenvalue weighted by molar-refractivity contribution is 5.79. The normalized spacial score (nSPS) is 11.7. The van der Waals surface area contributed by atoms with E-state index in [-0.39, 0.29) is 0 Å². The molecule has 0 saturated heterocycles. The average Bonchev–Trinajstić information content (AvgIpc) is 2.69. The number of alkyl halides is 3. The van der Waals surface area contributed by atoms with E-state index in [9.17, 15) is 13.2 Å². The van der Waals surface area contributed by atoms with Crippen molar-refractivity contribution in [3.8, 4) is 11.5 Å². The molecule has 0 radical (unpaired) electrons. The summed E-state index contributed by atoms with van der Waals surface area (Å²) in [5.41, 5.74) is 2.92.